The maximum Gasteiger partial charge on any atom is 0.420 e. The highest BCUT2D eigenvalue weighted by Gasteiger charge is 2.46. The molecule has 1 aliphatic rings. The third-order valence-corrected chi connectivity index (χ3v) is 4.81. The third-order valence-electron chi connectivity index (χ3n) is 4.81. The molecule has 1 saturated heterocycles. The van der Waals surface area contributed by atoms with Crippen LogP contribution >= 0.6 is 0 Å². The number of rotatable bonds is 4. The molecule has 4 N–H and O–H groups in total. The lowest BCUT2D eigenvalue weighted by molar-refractivity contribution is -0.278. The van der Waals surface area contributed by atoms with Crippen molar-refractivity contribution in [3.8, 4) is 17.0 Å². The Hall–Kier alpha value is -2.52. The van der Waals surface area contributed by atoms with Gasteiger partial charge in [-0.25, -0.2) is 4.39 Å². The number of aliphatic hydroxyl groups excluding tert-OH is 4. The molecule has 0 bridgehead atoms. The summed E-state index contributed by atoms with van der Waals surface area (Å²) in [7, 11) is 0. The van der Waals surface area contributed by atoms with Gasteiger partial charge in [0.05, 0.1) is 17.9 Å². The van der Waals surface area contributed by atoms with E-state index in [4.69, 9.17) is 14.6 Å². The molecule has 182 valence electrons. The van der Waals surface area contributed by atoms with Crippen molar-refractivity contribution in [1.29, 1.82) is 0 Å². The zero-order chi connectivity index (χ0) is 24.7. The van der Waals surface area contributed by atoms with Gasteiger partial charge in [-0.15, -0.1) is 0 Å². The fraction of sp³-hybridized carbons (Fsp3) is 0.421. The number of hydrogen-bond donors (Lipinski definition) is 4. The molecule has 1 fully saturated rings. The topological polar surface area (TPSA) is 112 Å². The summed E-state index contributed by atoms with van der Waals surface area (Å²) in [6.07, 6.45) is -19.1. The molecule has 2 heterocycles. The van der Waals surface area contributed by atoms with E-state index in [1.165, 1.54) is 0 Å². The molecular weight excluding hydrogens is 471 g/mol. The number of aliphatic hydroxyl groups is 4. The molecule has 0 aliphatic carbocycles. The van der Waals surface area contributed by atoms with E-state index < -0.39 is 83.6 Å². The summed E-state index contributed by atoms with van der Waals surface area (Å²) in [6.45, 7) is -0.917. The van der Waals surface area contributed by atoms with E-state index in [-0.39, 0.29) is 0 Å². The molecule has 0 unspecified atom stereocenters. The Bertz CT molecular complexity index is 998. The number of alkyl halides is 6. The van der Waals surface area contributed by atoms with Gasteiger partial charge < -0.3 is 29.9 Å². The Kier molecular flexibility index (Phi) is 6.87. The van der Waals surface area contributed by atoms with Gasteiger partial charge >= 0.3 is 12.4 Å². The first-order valence-electron chi connectivity index (χ1n) is 9.15. The SMILES string of the molecule is OC[C@H]1O[C@H](Oc2c(F)cc(-c3cc(C(F)(F)F)ccn3)cc2C(F)(F)F)[C@@H](O)[C@@H](O)[C@@H]1O. The average Bonchev–Trinajstić information content (AvgIpc) is 2.73. The highest BCUT2D eigenvalue weighted by Crippen LogP contribution is 2.42. The second kappa shape index (κ2) is 9.02. The molecule has 0 radical (unpaired) electrons. The van der Waals surface area contributed by atoms with Crippen LogP contribution in [0.1, 0.15) is 11.1 Å². The van der Waals surface area contributed by atoms with E-state index in [0.29, 0.717) is 30.5 Å². The molecule has 2 aromatic rings. The van der Waals surface area contributed by atoms with Crippen LogP contribution in [0.3, 0.4) is 0 Å². The Labute approximate surface area is 180 Å². The molecule has 5 atom stereocenters. The number of benzene rings is 1. The molecule has 0 spiro atoms. The first-order valence-corrected chi connectivity index (χ1v) is 9.15. The van der Waals surface area contributed by atoms with Crippen LogP contribution in [-0.4, -0.2) is 62.7 Å². The van der Waals surface area contributed by atoms with Crippen LogP contribution in [0.25, 0.3) is 11.3 Å². The number of halogens is 7. The van der Waals surface area contributed by atoms with Gasteiger partial charge in [0.2, 0.25) is 6.29 Å². The summed E-state index contributed by atoms with van der Waals surface area (Å²) >= 11 is 0. The molecule has 7 nitrogen and oxygen atoms in total. The zero-order valence-corrected chi connectivity index (χ0v) is 16.2. The second-order valence-electron chi connectivity index (χ2n) is 7.08. The normalized spacial score (nSPS) is 26.3. The first-order chi connectivity index (χ1) is 15.2. The lowest BCUT2D eigenvalue weighted by Crippen LogP contribution is -2.60. The number of hydrogen-bond acceptors (Lipinski definition) is 7. The lowest BCUT2D eigenvalue weighted by atomic mass is 9.99. The maximum atomic E-state index is 14.7. The lowest BCUT2D eigenvalue weighted by Gasteiger charge is -2.39. The summed E-state index contributed by atoms with van der Waals surface area (Å²) in [4.78, 5) is 3.56. The fourth-order valence-corrected chi connectivity index (χ4v) is 3.12. The molecule has 1 aromatic heterocycles. The Morgan fingerprint density at radius 3 is 2.18 bits per heavy atom. The Morgan fingerprint density at radius 1 is 0.939 bits per heavy atom. The van der Waals surface area contributed by atoms with Crippen molar-refractivity contribution >= 4 is 0 Å². The van der Waals surface area contributed by atoms with Gasteiger partial charge in [-0.3, -0.25) is 4.98 Å². The average molecular weight is 487 g/mol. The Morgan fingerprint density at radius 2 is 1.61 bits per heavy atom. The summed E-state index contributed by atoms with van der Waals surface area (Å²) < 4.78 is 104. The van der Waals surface area contributed by atoms with Crippen LogP contribution in [-0.2, 0) is 17.1 Å². The summed E-state index contributed by atoms with van der Waals surface area (Å²) in [5, 5.41) is 38.6. The van der Waals surface area contributed by atoms with Crippen molar-refractivity contribution in [1.82, 2.24) is 4.98 Å². The van der Waals surface area contributed by atoms with E-state index in [2.05, 4.69) is 4.98 Å². The predicted octanol–water partition coefficient (Wildman–Crippen LogP) is 2.10. The van der Waals surface area contributed by atoms with Crippen molar-refractivity contribution in [2.75, 3.05) is 6.61 Å². The van der Waals surface area contributed by atoms with Crippen LogP contribution in [0.15, 0.2) is 30.5 Å². The van der Waals surface area contributed by atoms with Gasteiger partial charge in [0.1, 0.15) is 30.0 Å². The predicted molar refractivity (Wildman–Crippen MR) is 94.0 cm³/mol. The first kappa shape index (κ1) is 25.1. The van der Waals surface area contributed by atoms with Crippen LogP contribution in [0.4, 0.5) is 30.7 Å². The quantitative estimate of drug-likeness (QED) is 0.489. The molecule has 1 aromatic carbocycles. The number of ether oxygens (including phenoxy) is 2. The van der Waals surface area contributed by atoms with Crippen molar-refractivity contribution in [3.05, 3.63) is 47.4 Å². The summed E-state index contributed by atoms with van der Waals surface area (Å²) in [6, 6.07) is 1.76. The van der Waals surface area contributed by atoms with Gasteiger partial charge in [-0.2, -0.15) is 26.3 Å². The minimum absolute atomic E-state index is 0.297. The van der Waals surface area contributed by atoms with E-state index in [9.17, 15) is 46.1 Å². The van der Waals surface area contributed by atoms with Crippen molar-refractivity contribution in [3.63, 3.8) is 0 Å². The number of nitrogens with zero attached hydrogens (tertiary/aromatic N) is 1. The van der Waals surface area contributed by atoms with Gasteiger partial charge in [0.25, 0.3) is 0 Å². The van der Waals surface area contributed by atoms with E-state index >= 15 is 0 Å². The monoisotopic (exact) mass is 487 g/mol. The highest BCUT2D eigenvalue weighted by molar-refractivity contribution is 5.63. The minimum atomic E-state index is -5.28. The molecule has 1 aliphatic heterocycles. The Balaban J connectivity index is 2.04. The van der Waals surface area contributed by atoms with E-state index in [0.717, 1.165) is 0 Å². The molecular formula is C19H16F7NO6. The van der Waals surface area contributed by atoms with Crippen LogP contribution in [0.5, 0.6) is 5.75 Å². The number of pyridine rings is 1. The largest absolute Gasteiger partial charge is 0.458 e. The van der Waals surface area contributed by atoms with Gasteiger partial charge in [0, 0.05) is 11.8 Å². The molecule has 14 heteroatoms. The smallest absolute Gasteiger partial charge is 0.420 e. The fourth-order valence-electron chi connectivity index (χ4n) is 3.12. The standard InChI is InChI=1S/C19H16F7NO6/c20-10-4-7(11-5-8(1-2-27-11)18(21,22)23)3-9(19(24,25)26)16(10)33-17-15(31)14(30)13(29)12(6-28)32-17/h1-5,12-15,17,28-31H,6H2/t12-,13-,14+,15+,17-/m1/s1. The highest BCUT2D eigenvalue weighted by atomic mass is 19.4. The third kappa shape index (κ3) is 5.19. The summed E-state index contributed by atoms with van der Waals surface area (Å²) in [5.74, 6) is -3.17. The van der Waals surface area contributed by atoms with Crippen molar-refractivity contribution in [2.45, 2.75) is 43.1 Å². The minimum Gasteiger partial charge on any atom is -0.458 e. The van der Waals surface area contributed by atoms with Crippen LogP contribution < -0.4 is 4.74 Å². The zero-order valence-electron chi connectivity index (χ0n) is 16.2. The molecule has 0 amide bonds. The van der Waals surface area contributed by atoms with Crippen molar-refractivity contribution in [2.24, 2.45) is 0 Å². The molecule has 3 rings (SSSR count). The number of aromatic nitrogens is 1. The molecule has 0 saturated carbocycles. The van der Waals surface area contributed by atoms with Gasteiger partial charge in [0.15, 0.2) is 11.6 Å². The molecule has 33 heavy (non-hydrogen) atoms. The van der Waals surface area contributed by atoms with E-state index in [1.54, 1.807) is 0 Å². The maximum absolute atomic E-state index is 14.7. The van der Waals surface area contributed by atoms with E-state index in [1.807, 2.05) is 0 Å². The van der Waals surface area contributed by atoms with Gasteiger partial charge in [-0.1, -0.05) is 0 Å². The van der Waals surface area contributed by atoms with Crippen LogP contribution in [0.2, 0.25) is 0 Å². The van der Waals surface area contributed by atoms with Crippen LogP contribution in [0, 0.1) is 5.82 Å². The van der Waals surface area contributed by atoms with Gasteiger partial charge in [-0.05, 0) is 24.3 Å². The summed E-state index contributed by atoms with van der Waals surface area (Å²) in [5.41, 5.74) is -4.24. The second-order valence-corrected chi connectivity index (χ2v) is 7.08. The van der Waals surface area contributed by atoms with Crippen molar-refractivity contribution < 1.29 is 60.6 Å².